The minimum absolute atomic E-state index is 0.0555. The van der Waals surface area contributed by atoms with Gasteiger partial charge < -0.3 is 10.2 Å². The molecular weight excluding hydrogens is 380 g/mol. The van der Waals surface area contributed by atoms with E-state index < -0.39 is 0 Å². The summed E-state index contributed by atoms with van der Waals surface area (Å²) in [6.07, 6.45) is 6.40. The number of nitrogens with one attached hydrogen (secondary N) is 1. The third-order valence-electron chi connectivity index (χ3n) is 4.95. The van der Waals surface area contributed by atoms with E-state index in [0.29, 0.717) is 30.5 Å². The Morgan fingerprint density at radius 3 is 2.53 bits per heavy atom. The summed E-state index contributed by atoms with van der Waals surface area (Å²) in [5, 5.41) is 3.19. The van der Waals surface area contributed by atoms with E-state index in [0.717, 1.165) is 35.7 Å². The Bertz CT molecular complexity index is 1040. The SMILES string of the molecule is Cc1cc(C)nc(Nc2cc(C)nc([C@H]3CCCN(C(=O)c4cnccn4)C3)n2)n1. The zero-order valence-electron chi connectivity index (χ0n) is 17.3. The fourth-order valence-electron chi connectivity index (χ4n) is 3.68. The van der Waals surface area contributed by atoms with Gasteiger partial charge in [-0.1, -0.05) is 0 Å². The van der Waals surface area contributed by atoms with Crippen molar-refractivity contribution in [1.29, 1.82) is 0 Å². The highest BCUT2D eigenvalue weighted by atomic mass is 16.2. The number of nitrogens with zero attached hydrogens (tertiary/aromatic N) is 7. The predicted octanol–water partition coefficient (Wildman–Crippen LogP) is 2.75. The smallest absolute Gasteiger partial charge is 0.274 e. The Morgan fingerprint density at radius 1 is 1.03 bits per heavy atom. The molecular formula is C21H24N8O. The summed E-state index contributed by atoms with van der Waals surface area (Å²) in [5.41, 5.74) is 2.99. The van der Waals surface area contributed by atoms with E-state index in [-0.39, 0.29) is 11.8 Å². The minimum Gasteiger partial charge on any atom is -0.337 e. The van der Waals surface area contributed by atoms with Crippen molar-refractivity contribution < 1.29 is 4.79 Å². The quantitative estimate of drug-likeness (QED) is 0.707. The van der Waals surface area contributed by atoms with E-state index in [2.05, 4.69) is 30.2 Å². The maximum Gasteiger partial charge on any atom is 0.274 e. The van der Waals surface area contributed by atoms with Crippen molar-refractivity contribution in [2.75, 3.05) is 18.4 Å². The average Bonchev–Trinajstić information content (AvgIpc) is 2.73. The molecule has 0 saturated carbocycles. The normalized spacial score (nSPS) is 16.4. The van der Waals surface area contributed by atoms with Crippen molar-refractivity contribution in [3.63, 3.8) is 0 Å². The first kappa shape index (κ1) is 19.8. The molecule has 4 rings (SSSR count). The van der Waals surface area contributed by atoms with Crippen molar-refractivity contribution in [2.45, 2.75) is 39.5 Å². The van der Waals surface area contributed by atoms with Crippen LogP contribution in [-0.2, 0) is 0 Å². The second-order valence-corrected chi connectivity index (χ2v) is 7.53. The van der Waals surface area contributed by atoms with Gasteiger partial charge >= 0.3 is 0 Å². The molecule has 9 nitrogen and oxygen atoms in total. The molecule has 4 heterocycles. The first-order chi connectivity index (χ1) is 14.5. The number of anilines is 2. The molecule has 1 N–H and O–H groups in total. The van der Waals surface area contributed by atoms with Gasteiger partial charge in [0.25, 0.3) is 5.91 Å². The molecule has 9 heteroatoms. The number of rotatable bonds is 4. The first-order valence-electron chi connectivity index (χ1n) is 9.98. The average molecular weight is 404 g/mol. The molecule has 1 aliphatic rings. The van der Waals surface area contributed by atoms with E-state index in [4.69, 9.17) is 4.98 Å². The van der Waals surface area contributed by atoms with Crippen LogP contribution < -0.4 is 5.32 Å². The van der Waals surface area contributed by atoms with Gasteiger partial charge in [0.15, 0.2) is 0 Å². The molecule has 0 bridgehead atoms. The van der Waals surface area contributed by atoms with Crippen LogP contribution in [0.4, 0.5) is 11.8 Å². The lowest BCUT2D eigenvalue weighted by Gasteiger charge is -2.32. The molecule has 0 radical (unpaired) electrons. The zero-order chi connectivity index (χ0) is 21.1. The number of carbonyl (C=O) groups excluding carboxylic acids is 1. The van der Waals surface area contributed by atoms with Crippen molar-refractivity contribution >= 4 is 17.7 Å². The molecule has 0 unspecified atom stereocenters. The molecule has 154 valence electrons. The summed E-state index contributed by atoms with van der Waals surface area (Å²) in [7, 11) is 0. The van der Waals surface area contributed by atoms with Crippen molar-refractivity contribution in [1.82, 2.24) is 34.8 Å². The third-order valence-corrected chi connectivity index (χ3v) is 4.95. The van der Waals surface area contributed by atoms with Crippen LogP contribution >= 0.6 is 0 Å². The van der Waals surface area contributed by atoms with Gasteiger partial charge in [0.1, 0.15) is 17.3 Å². The maximum atomic E-state index is 12.8. The van der Waals surface area contributed by atoms with Gasteiger partial charge in [0.2, 0.25) is 5.95 Å². The summed E-state index contributed by atoms with van der Waals surface area (Å²) in [6, 6.07) is 3.79. The summed E-state index contributed by atoms with van der Waals surface area (Å²) in [4.78, 5) is 40.9. The lowest BCUT2D eigenvalue weighted by Crippen LogP contribution is -2.40. The monoisotopic (exact) mass is 404 g/mol. The molecule has 1 aliphatic heterocycles. The Labute approximate surface area is 175 Å². The maximum absolute atomic E-state index is 12.8. The summed E-state index contributed by atoms with van der Waals surface area (Å²) in [6.45, 7) is 7.05. The Balaban J connectivity index is 1.54. The second kappa shape index (κ2) is 8.48. The van der Waals surface area contributed by atoms with Gasteiger partial charge in [-0.15, -0.1) is 0 Å². The highest BCUT2D eigenvalue weighted by molar-refractivity contribution is 5.92. The van der Waals surface area contributed by atoms with Crippen LogP contribution in [0, 0.1) is 20.8 Å². The number of piperidine rings is 1. The van der Waals surface area contributed by atoms with Gasteiger partial charge in [-0.3, -0.25) is 9.78 Å². The van der Waals surface area contributed by atoms with Gasteiger partial charge in [-0.2, -0.15) is 0 Å². The highest BCUT2D eigenvalue weighted by Gasteiger charge is 2.28. The van der Waals surface area contributed by atoms with Crippen molar-refractivity contribution in [2.24, 2.45) is 0 Å². The molecule has 1 fully saturated rings. The van der Waals surface area contributed by atoms with E-state index in [1.54, 1.807) is 6.20 Å². The zero-order valence-corrected chi connectivity index (χ0v) is 17.3. The van der Waals surface area contributed by atoms with E-state index in [1.807, 2.05) is 37.8 Å². The Hall–Kier alpha value is -3.49. The third kappa shape index (κ3) is 4.56. The predicted molar refractivity (Wildman–Crippen MR) is 111 cm³/mol. The number of aryl methyl sites for hydroxylation is 3. The van der Waals surface area contributed by atoms with Gasteiger partial charge in [-0.05, 0) is 39.7 Å². The molecule has 3 aromatic rings. The fraction of sp³-hybridized carbons (Fsp3) is 0.381. The van der Waals surface area contributed by atoms with Gasteiger partial charge in [0.05, 0.1) is 6.20 Å². The number of hydrogen-bond donors (Lipinski definition) is 1. The number of likely N-dealkylation sites (tertiary alicyclic amines) is 1. The van der Waals surface area contributed by atoms with Gasteiger partial charge in [-0.25, -0.2) is 24.9 Å². The Morgan fingerprint density at radius 2 is 1.80 bits per heavy atom. The topological polar surface area (TPSA) is 110 Å². The standard InChI is InChI=1S/C21H24N8O/c1-13-9-14(2)26-21(25-13)28-18-10-15(3)24-19(27-18)16-5-4-8-29(12-16)20(30)17-11-22-6-7-23-17/h6-7,9-11,16H,4-5,8,12H2,1-3H3,(H,24,25,26,27,28)/t16-/m0/s1. The van der Waals surface area contributed by atoms with Crippen molar-refractivity contribution in [3.05, 3.63) is 59.3 Å². The first-order valence-corrected chi connectivity index (χ1v) is 9.98. The number of amides is 1. The lowest BCUT2D eigenvalue weighted by atomic mass is 9.96. The van der Waals surface area contributed by atoms with Crippen LogP contribution in [0.3, 0.4) is 0 Å². The molecule has 1 atom stereocenters. The van der Waals surface area contributed by atoms with E-state index in [1.165, 1.54) is 12.4 Å². The number of aromatic nitrogens is 6. The molecule has 30 heavy (non-hydrogen) atoms. The summed E-state index contributed by atoms with van der Waals surface area (Å²) < 4.78 is 0. The largest absolute Gasteiger partial charge is 0.337 e. The van der Waals surface area contributed by atoms with Crippen LogP contribution in [-0.4, -0.2) is 53.8 Å². The Kier molecular flexibility index (Phi) is 5.60. The number of carbonyl (C=O) groups is 1. The van der Waals surface area contributed by atoms with Crippen LogP contribution in [0.15, 0.2) is 30.7 Å². The van der Waals surface area contributed by atoms with Crippen molar-refractivity contribution in [3.8, 4) is 0 Å². The van der Waals surface area contributed by atoms with Crippen LogP contribution in [0.1, 0.15) is 52.2 Å². The molecule has 0 aromatic carbocycles. The fourth-order valence-corrected chi connectivity index (χ4v) is 3.68. The lowest BCUT2D eigenvalue weighted by molar-refractivity contribution is 0.0698. The molecule has 1 amide bonds. The molecule has 1 saturated heterocycles. The summed E-state index contributed by atoms with van der Waals surface area (Å²) >= 11 is 0. The van der Waals surface area contributed by atoms with Crippen LogP contribution in [0.5, 0.6) is 0 Å². The number of hydrogen-bond acceptors (Lipinski definition) is 8. The molecule has 0 aliphatic carbocycles. The molecule has 3 aromatic heterocycles. The van der Waals surface area contributed by atoms with Crippen LogP contribution in [0.25, 0.3) is 0 Å². The minimum atomic E-state index is -0.109. The second-order valence-electron chi connectivity index (χ2n) is 7.53. The van der Waals surface area contributed by atoms with Gasteiger partial charge in [0, 0.05) is 54.5 Å². The highest BCUT2D eigenvalue weighted by Crippen LogP contribution is 2.27. The van der Waals surface area contributed by atoms with E-state index >= 15 is 0 Å². The van der Waals surface area contributed by atoms with E-state index in [9.17, 15) is 4.79 Å². The van der Waals surface area contributed by atoms with Crippen LogP contribution in [0.2, 0.25) is 0 Å². The molecule has 0 spiro atoms. The summed E-state index contributed by atoms with van der Waals surface area (Å²) in [5.74, 6) is 1.83.